The van der Waals surface area contributed by atoms with Gasteiger partial charge in [-0.2, -0.15) is 0 Å². The van der Waals surface area contributed by atoms with Crippen molar-refractivity contribution in [2.24, 2.45) is 5.73 Å². The van der Waals surface area contributed by atoms with Gasteiger partial charge in [-0.1, -0.05) is 13.3 Å². The van der Waals surface area contributed by atoms with Gasteiger partial charge in [0.15, 0.2) is 0 Å². The lowest BCUT2D eigenvalue weighted by Gasteiger charge is -2.22. The molecule has 0 bridgehead atoms. The Morgan fingerprint density at radius 2 is 2.00 bits per heavy atom. The standard InChI is InChI=1S/C12H23NO/c1-4-7-8-10-11(13)12(9-5-2)14-6-3/h11-12H,5-6,8-10,13H2,1-3H3. The van der Waals surface area contributed by atoms with Gasteiger partial charge in [-0.05, 0) is 26.7 Å². The van der Waals surface area contributed by atoms with Gasteiger partial charge in [-0.3, -0.25) is 0 Å². The summed E-state index contributed by atoms with van der Waals surface area (Å²) in [5, 5.41) is 0. The Balaban J connectivity index is 3.84. The van der Waals surface area contributed by atoms with Crippen LogP contribution in [0.1, 0.15) is 46.5 Å². The molecule has 0 rings (SSSR count). The van der Waals surface area contributed by atoms with E-state index < -0.39 is 0 Å². The highest BCUT2D eigenvalue weighted by molar-refractivity contribution is 4.95. The predicted molar refractivity (Wildman–Crippen MR) is 61.0 cm³/mol. The van der Waals surface area contributed by atoms with Crippen molar-refractivity contribution >= 4 is 0 Å². The van der Waals surface area contributed by atoms with Gasteiger partial charge in [0, 0.05) is 19.1 Å². The van der Waals surface area contributed by atoms with E-state index in [2.05, 4.69) is 18.8 Å². The Morgan fingerprint density at radius 3 is 2.50 bits per heavy atom. The molecule has 2 N–H and O–H groups in total. The average Bonchev–Trinajstić information content (AvgIpc) is 2.18. The van der Waals surface area contributed by atoms with E-state index in [4.69, 9.17) is 10.5 Å². The third-order valence-corrected chi connectivity index (χ3v) is 2.21. The molecule has 0 aliphatic heterocycles. The molecule has 0 aliphatic carbocycles. The first-order valence-corrected chi connectivity index (χ1v) is 5.53. The van der Waals surface area contributed by atoms with Crippen LogP contribution in [-0.4, -0.2) is 18.8 Å². The molecule has 2 unspecified atom stereocenters. The van der Waals surface area contributed by atoms with Crippen LogP contribution in [0, 0.1) is 11.8 Å². The molecule has 0 radical (unpaired) electrons. The molecule has 0 aromatic carbocycles. The van der Waals surface area contributed by atoms with Crippen molar-refractivity contribution in [2.75, 3.05) is 6.61 Å². The number of hydrogen-bond donors (Lipinski definition) is 1. The molecule has 0 fully saturated rings. The molecule has 0 aliphatic rings. The fourth-order valence-corrected chi connectivity index (χ4v) is 1.47. The average molecular weight is 197 g/mol. The second-order valence-electron chi connectivity index (χ2n) is 3.41. The van der Waals surface area contributed by atoms with Gasteiger partial charge in [-0.15, -0.1) is 11.8 Å². The van der Waals surface area contributed by atoms with Crippen molar-refractivity contribution in [1.82, 2.24) is 0 Å². The molecule has 82 valence electrons. The van der Waals surface area contributed by atoms with Crippen LogP contribution in [0.15, 0.2) is 0 Å². The highest BCUT2D eigenvalue weighted by Gasteiger charge is 2.15. The zero-order valence-corrected chi connectivity index (χ0v) is 9.68. The van der Waals surface area contributed by atoms with Crippen LogP contribution < -0.4 is 5.73 Å². The Kier molecular flexibility index (Phi) is 8.72. The van der Waals surface area contributed by atoms with Crippen LogP contribution in [0.5, 0.6) is 0 Å². The van der Waals surface area contributed by atoms with Crippen molar-refractivity contribution in [3.8, 4) is 11.8 Å². The van der Waals surface area contributed by atoms with Gasteiger partial charge >= 0.3 is 0 Å². The van der Waals surface area contributed by atoms with Crippen molar-refractivity contribution in [3.05, 3.63) is 0 Å². The highest BCUT2D eigenvalue weighted by atomic mass is 16.5. The predicted octanol–water partition coefficient (Wildman–Crippen LogP) is 2.32. The minimum absolute atomic E-state index is 0.135. The molecule has 2 atom stereocenters. The molecule has 0 saturated heterocycles. The van der Waals surface area contributed by atoms with E-state index in [1.807, 2.05) is 13.8 Å². The third-order valence-electron chi connectivity index (χ3n) is 2.21. The number of rotatable bonds is 7. The lowest BCUT2D eigenvalue weighted by molar-refractivity contribution is 0.0362. The smallest absolute Gasteiger partial charge is 0.0726 e. The summed E-state index contributed by atoms with van der Waals surface area (Å²) in [7, 11) is 0. The van der Waals surface area contributed by atoms with E-state index in [0.29, 0.717) is 0 Å². The molecule has 0 spiro atoms. The maximum Gasteiger partial charge on any atom is 0.0726 e. The number of hydrogen-bond acceptors (Lipinski definition) is 2. The summed E-state index contributed by atoms with van der Waals surface area (Å²) >= 11 is 0. The number of nitrogens with two attached hydrogens (primary N) is 1. The largest absolute Gasteiger partial charge is 0.377 e. The molecule has 0 amide bonds. The monoisotopic (exact) mass is 197 g/mol. The molecule has 2 heteroatoms. The first-order chi connectivity index (χ1) is 6.76. The van der Waals surface area contributed by atoms with E-state index >= 15 is 0 Å². The fourth-order valence-electron chi connectivity index (χ4n) is 1.47. The normalized spacial score (nSPS) is 14.3. The van der Waals surface area contributed by atoms with Crippen molar-refractivity contribution in [2.45, 2.75) is 58.6 Å². The Hall–Kier alpha value is -0.520. The summed E-state index contributed by atoms with van der Waals surface area (Å²) in [5.41, 5.74) is 6.04. The summed E-state index contributed by atoms with van der Waals surface area (Å²) < 4.78 is 5.60. The van der Waals surface area contributed by atoms with Crippen LogP contribution >= 0.6 is 0 Å². The summed E-state index contributed by atoms with van der Waals surface area (Å²) in [4.78, 5) is 0. The molecule has 14 heavy (non-hydrogen) atoms. The van der Waals surface area contributed by atoms with Gasteiger partial charge in [0.2, 0.25) is 0 Å². The second-order valence-corrected chi connectivity index (χ2v) is 3.41. The second kappa shape index (κ2) is 9.05. The van der Waals surface area contributed by atoms with Crippen LogP contribution in [0.25, 0.3) is 0 Å². The Morgan fingerprint density at radius 1 is 1.29 bits per heavy atom. The molecule has 0 heterocycles. The molecular weight excluding hydrogens is 174 g/mol. The minimum atomic E-state index is 0.135. The SMILES string of the molecule is CC#CCCC(N)C(CCC)OCC. The zero-order valence-electron chi connectivity index (χ0n) is 9.68. The van der Waals surface area contributed by atoms with E-state index in [-0.39, 0.29) is 12.1 Å². The van der Waals surface area contributed by atoms with Crippen LogP contribution in [0.3, 0.4) is 0 Å². The summed E-state index contributed by atoms with van der Waals surface area (Å²) in [6.45, 7) is 6.78. The first kappa shape index (κ1) is 13.5. The van der Waals surface area contributed by atoms with Gasteiger partial charge < -0.3 is 10.5 Å². The summed E-state index contributed by atoms with van der Waals surface area (Å²) in [6.07, 6.45) is 4.20. The summed E-state index contributed by atoms with van der Waals surface area (Å²) in [5.74, 6) is 5.91. The van der Waals surface area contributed by atoms with Crippen LogP contribution in [0.4, 0.5) is 0 Å². The van der Waals surface area contributed by atoms with Gasteiger partial charge in [0.1, 0.15) is 0 Å². The maximum atomic E-state index is 6.04. The van der Waals surface area contributed by atoms with Crippen molar-refractivity contribution in [3.63, 3.8) is 0 Å². The summed E-state index contributed by atoms with van der Waals surface area (Å²) in [6, 6.07) is 0.135. The first-order valence-electron chi connectivity index (χ1n) is 5.53. The fraction of sp³-hybridized carbons (Fsp3) is 0.833. The molecule has 0 aromatic heterocycles. The molecular formula is C12H23NO. The molecule has 0 saturated carbocycles. The van der Waals surface area contributed by atoms with Gasteiger partial charge in [-0.25, -0.2) is 0 Å². The molecule has 0 aromatic rings. The van der Waals surface area contributed by atoms with Crippen molar-refractivity contribution in [1.29, 1.82) is 0 Å². The minimum Gasteiger partial charge on any atom is -0.377 e. The Bertz CT molecular complexity index is 174. The third kappa shape index (κ3) is 6.01. The van der Waals surface area contributed by atoms with E-state index in [1.54, 1.807) is 0 Å². The topological polar surface area (TPSA) is 35.2 Å². The number of ether oxygens (including phenoxy) is 1. The lowest BCUT2D eigenvalue weighted by Crippen LogP contribution is -2.36. The van der Waals surface area contributed by atoms with E-state index in [0.717, 1.165) is 32.3 Å². The van der Waals surface area contributed by atoms with Crippen LogP contribution in [-0.2, 0) is 4.74 Å². The quantitative estimate of drug-likeness (QED) is 0.636. The Labute approximate surface area is 88.2 Å². The highest BCUT2D eigenvalue weighted by Crippen LogP contribution is 2.09. The van der Waals surface area contributed by atoms with Gasteiger partial charge in [0.25, 0.3) is 0 Å². The van der Waals surface area contributed by atoms with E-state index in [9.17, 15) is 0 Å². The van der Waals surface area contributed by atoms with Crippen molar-refractivity contribution < 1.29 is 4.74 Å². The van der Waals surface area contributed by atoms with E-state index in [1.165, 1.54) is 0 Å². The maximum absolute atomic E-state index is 6.04. The van der Waals surface area contributed by atoms with Gasteiger partial charge in [0.05, 0.1) is 6.10 Å². The molecule has 2 nitrogen and oxygen atoms in total. The van der Waals surface area contributed by atoms with Crippen LogP contribution in [0.2, 0.25) is 0 Å². The lowest BCUT2D eigenvalue weighted by atomic mass is 10.0. The zero-order chi connectivity index (χ0) is 10.8.